The topological polar surface area (TPSA) is 32.6 Å². The molecule has 5 heteroatoms. The largest absolute Gasteiger partial charge is 0.309 e. The maximum absolute atomic E-state index is 5.61. The van der Waals surface area contributed by atoms with Gasteiger partial charge in [0, 0.05) is 82.5 Å². The normalized spacial score (nSPS) is 11.8. The summed E-state index contributed by atoms with van der Waals surface area (Å²) in [6.07, 6.45) is 0. The van der Waals surface area contributed by atoms with Crippen molar-refractivity contribution in [2.75, 3.05) is 0 Å². The average molecular weight is 1310 g/mol. The van der Waals surface area contributed by atoms with E-state index in [1.54, 1.807) is 0 Å². The molecular formula is C98H67N5. The van der Waals surface area contributed by atoms with E-state index in [1.807, 2.05) is 0 Å². The van der Waals surface area contributed by atoms with Gasteiger partial charge in [0.05, 0.1) is 55.5 Å². The van der Waals surface area contributed by atoms with E-state index in [0.29, 0.717) is 0 Å². The van der Waals surface area contributed by atoms with E-state index in [2.05, 4.69) is 391 Å². The Morgan fingerprint density at radius 3 is 0.981 bits per heavy atom. The van der Waals surface area contributed by atoms with Crippen LogP contribution in [0.5, 0.6) is 0 Å². The van der Waals surface area contributed by atoms with Crippen molar-refractivity contribution in [3.8, 4) is 101 Å². The van der Waals surface area contributed by atoms with Crippen LogP contribution in [0.4, 0.5) is 0 Å². The molecule has 0 radical (unpaired) electrons. The molecule has 20 rings (SSSR count). The summed E-state index contributed by atoms with van der Waals surface area (Å²) in [5, 5.41) is 9.79. The van der Waals surface area contributed by atoms with Crippen LogP contribution in [0.25, 0.3) is 188 Å². The highest BCUT2D eigenvalue weighted by atomic mass is 15.0. The summed E-state index contributed by atoms with van der Waals surface area (Å²) in [6, 6.07) is 131. The maximum Gasteiger partial charge on any atom is 0.0715 e. The van der Waals surface area contributed by atoms with Gasteiger partial charge < -0.3 is 18.3 Å². The third-order valence-electron chi connectivity index (χ3n) is 21.3. The number of fused-ring (bicyclic) bond motifs is 12. The van der Waals surface area contributed by atoms with Crippen LogP contribution in [0.15, 0.2) is 352 Å². The third kappa shape index (κ3) is 9.72. The first-order chi connectivity index (χ1) is 50.8. The van der Waals surface area contributed by atoms with Gasteiger partial charge in [0.2, 0.25) is 0 Å². The molecule has 0 bridgehead atoms. The zero-order valence-electron chi connectivity index (χ0n) is 57.2. The molecule has 5 heterocycles. The van der Waals surface area contributed by atoms with Crippen LogP contribution in [-0.4, -0.2) is 23.3 Å². The Kier molecular flexibility index (Phi) is 13.9. The maximum atomic E-state index is 5.61. The van der Waals surface area contributed by atoms with Crippen LogP contribution in [-0.2, 0) is 0 Å². The van der Waals surface area contributed by atoms with Gasteiger partial charge in [-0.1, -0.05) is 241 Å². The summed E-state index contributed by atoms with van der Waals surface area (Å²) in [7, 11) is 0. The number of pyridine rings is 1. The number of benzene rings is 15. The minimum atomic E-state index is 0.885. The summed E-state index contributed by atoms with van der Waals surface area (Å²) in [5.74, 6) is 0. The van der Waals surface area contributed by atoms with Crippen molar-refractivity contribution in [1.82, 2.24) is 23.3 Å². The van der Waals surface area contributed by atoms with E-state index in [1.165, 1.54) is 92.9 Å². The Labute approximate surface area is 597 Å². The second-order valence-corrected chi connectivity index (χ2v) is 27.6. The average Bonchev–Trinajstić information content (AvgIpc) is 1.70. The van der Waals surface area contributed by atoms with Crippen molar-refractivity contribution in [2.24, 2.45) is 0 Å². The third-order valence-corrected chi connectivity index (χ3v) is 21.3. The van der Waals surface area contributed by atoms with Gasteiger partial charge in [-0.2, -0.15) is 0 Å². The van der Waals surface area contributed by atoms with E-state index in [9.17, 15) is 0 Å². The Morgan fingerprint density at radius 2 is 0.534 bits per heavy atom. The Balaban J connectivity index is 0.944. The number of aryl methyl sites for hydroxylation is 3. The molecule has 103 heavy (non-hydrogen) atoms. The minimum Gasteiger partial charge on any atom is -0.309 e. The van der Waals surface area contributed by atoms with Crippen molar-refractivity contribution < 1.29 is 0 Å². The van der Waals surface area contributed by atoms with Crippen LogP contribution in [0.2, 0.25) is 0 Å². The van der Waals surface area contributed by atoms with Gasteiger partial charge in [-0.3, -0.25) is 0 Å². The molecule has 5 aromatic heterocycles. The molecule has 0 spiro atoms. The van der Waals surface area contributed by atoms with Gasteiger partial charge in [-0.05, 0) is 198 Å². The van der Waals surface area contributed by atoms with E-state index < -0.39 is 0 Å². The quantitative estimate of drug-likeness (QED) is 0.127. The Hall–Kier alpha value is -13.4. The highest BCUT2D eigenvalue weighted by Crippen LogP contribution is 2.54. The lowest BCUT2D eigenvalue weighted by atomic mass is 9.78. The van der Waals surface area contributed by atoms with Gasteiger partial charge in [0.25, 0.3) is 0 Å². The van der Waals surface area contributed by atoms with Crippen LogP contribution in [0, 0.1) is 20.8 Å². The smallest absolute Gasteiger partial charge is 0.0715 e. The predicted molar refractivity (Wildman–Crippen MR) is 434 cm³/mol. The first-order valence-corrected chi connectivity index (χ1v) is 35.6. The van der Waals surface area contributed by atoms with E-state index in [4.69, 9.17) is 4.98 Å². The molecule has 0 saturated heterocycles. The van der Waals surface area contributed by atoms with Crippen molar-refractivity contribution in [3.63, 3.8) is 0 Å². The molecule has 0 N–H and O–H groups in total. The molecule has 0 aliphatic heterocycles. The molecule has 0 aliphatic carbocycles. The molecule has 484 valence electrons. The zero-order valence-corrected chi connectivity index (χ0v) is 57.2. The van der Waals surface area contributed by atoms with E-state index >= 15 is 0 Å². The highest BCUT2D eigenvalue weighted by Gasteiger charge is 2.29. The number of hydrogen-bond donors (Lipinski definition) is 0. The molecule has 0 amide bonds. The standard InChI is InChI=1S/C98H67N5/c1-62-38-53-92-82(56-62)76-29-14-17-34-88(76)100(92)72-47-41-65(42-48-72)81-61-85(80-33-21-32-79-75-28-13-20-37-91(75)103(98(79)80)71-26-11-6-12-27-71)95(68-43-49-73(50-44-68)101-89-35-18-15-30-77(89)83-57-63(2)39-54-93(83)101)97(96(81)70-59-86(66-22-7-4-8-23-66)99-87(60-70)67-24-9-5-10-25-67)69-45-51-74(52-46-69)102-90-36-19-16-31-78(90)84-58-64(3)40-55-94(84)102/h4-61H,1-3H3. The van der Waals surface area contributed by atoms with Crippen molar-refractivity contribution >= 4 is 87.2 Å². The second kappa shape index (κ2) is 23.9. The lowest BCUT2D eigenvalue weighted by Gasteiger charge is -2.26. The Morgan fingerprint density at radius 1 is 0.194 bits per heavy atom. The molecule has 15 aromatic carbocycles. The molecule has 20 aromatic rings. The molecular weight excluding hydrogens is 1250 g/mol. The van der Waals surface area contributed by atoms with Crippen molar-refractivity contribution in [1.29, 1.82) is 0 Å². The lowest BCUT2D eigenvalue weighted by Crippen LogP contribution is -2.02. The fourth-order valence-corrected chi connectivity index (χ4v) is 16.7. The summed E-state index contributed by atoms with van der Waals surface area (Å²) in [4.78, 5) is 5.61. The number of para-hydroxylation sites is 6. The summed E-state index contributed by atoms with van der Waals surface area (Å²) >= 11 is 0. The first kappa shape index (κ1) is 59.7. The monoisotopic (exact) mass is 1310 g/mol. The highest BCUT2D eigenvalue weighted by molar-refractivity contribution is 6.18. The van der Waals surface area contributed by atoms with Gasteiger partial charge in [-0.25, -0.2) is 4.98 Å². The number of rotatable bonds is 11. The van der Waals surface area contributed by atoms with Gasteiger partial charge >= 0.3 is 0 Å². The SMILES string of the molecule is Cc1ccc2c(c1)c1ccccc1n2-c1ccc(-c2cc(-c3cccc4c5ccccc5n(-c5ccccc5)c34)c(-c3ccc(-n4c5ccccc5c5cc(C)ccc54)cc3)c(-c3ccc(-n4c5ccccc5c5cc(C)ccc54)cc3)c2-c2cc(-c3ccccc3)nc(-c3ccccc3)c2)cc1. The molecule has 0 aliphatic rings. The summed E-state index contributed by atoms with van der Waals surface area (Å²) < 4.78 is 9.81. The number of aromatic nitrogens is 5. The van der Waals surface area contributed by atoms with Crippen LogP contribution in [0.1, 0.15) is 16.7 Å². The summed E-state index contributed by atoms with van der Waals surface area (Å²) in [6.45, 7) is 6.56. The van der Waals surface area contributed by atoms with Crippen LogP contribution in [0.3, 0.4) is 0 Å². The number of nitrogens with zero attached hydrogens (tertiary/aromatic N) is 5. The fourth-order valence-electron chi connectivity index (χ4n) is 16.7. The Bertz CT molecular complexity index is 6710. The zero-order chi connectivity index (χ0) is 68.4. The van der Waals surface area contributed by atoms with E-state index in [0.717, 1.165) is 112 Å². The first-order valence-electron chi connectivity index (χ1n) is 35.6. The van der Waals surface area contributed by atoms with Gasteiger partial charge in [0.15, 0.2) is 0 Å². The molecule has 0 fully saturated rings. The van der Waals surface area contributed by atoms with Gasteiger partial charge in [0.1, 0.15) is 0 Å². The summed E-state index contributed by atoms with van der Waals surface area (Å²) in [5.41, 5.74) is 32.1. The molecule has 0 unspecified atom stereocenters. The number of hydrogen-bond acceptors (Lipinski definition) is 1. The minimum absolute atomic E-state index is 0.885. The van der Waals surface area contributed by atoms with E-state index in [-0.39, 0.29) is 0 Å². The van der Waals surface area contributed by atoms with Crippen LogP contribution >= 0.6 is 0 Å². The van der Waals surface area contributed by atoms with Crippen molar-refractivity contribution in [3.05, 3.63) is 369 Å². The second-order valence-electron chi connectivity index (χ2n) is 27.6. The molecule has 0 saturated carbocycles. The lowest BCUT2D eigenvalue weighted by molar-refractivity contribution is 1.18. The van der Waals surface area contributed by atoms with Crippen molar-refractivity contribution in [2.45, 2.75) is 20.8 Å². The predicted octanol–water partition coefficient (Wildman–Crippen LogP) is 26.1. The molecule has 5 nitrogen and oxygen atoms in total. The fraction of sp³-hybridized carbons (Fsp3) is 0.0306. The van der Waals surface area contributed by atoms with Crippen LogP contribution < -0.4 is 0 Å². The van der Waals surface area contributed by atoms with Gasteiger partial charge in [-0.15, -0.1) is 0 Å². The molecule has 0 atom stereocenters.